The summed E-state index contributed by atoms with van der Waals surface area (Å²) in [6, 6.07) is 4.01. The van der Waals surface area contributed by atoms with E-state index in [-0.39, 0.29) is 48.9 Å². The minimum Gasteiger partial charge on any atom is -0.379 e. The summed E-state index contributed by atoms with van der Waals surface area (Å²) in [7, 11) is -3.89. The van der Waals surface area contributed by atoms with Crippen LogP contribution in [0.4, 0.5) is 29.1 Å². The number of hydrogen-bond donors (Lipinski definition) is 1. The van der Waals surface area contributed by atoms with E-state index in [1.54, 1.807) is 4.68 Å². The number of sulfonamides is 1. The van der Waals surface area contributed by atoms with E-state index < -0.39 is 27.6 Å². The lowest BCUT2D eigenvalue weighted by Crippen LogP contribution is -2.40. The number of ether oxygens (including phenoxy) is 1. The van der Waals surface area contributed by atoms with Crippen LogP contribution in [0, 0.1) is 5.82 Å². The van der Waals surface area contributed by atoms with Crippen LogP contribution >= 0.6 is 0 Å². The van der Waals surface area contributed by atoms with Gasteiger partial charge in [0.05, 0.1) is 36.5 Å². The molecule has 0 amide bonds. The number of alkyl halides is 3. The number of hydrogen-bond acceptors (Lipinski definition) is 6. The summed E-state index contributed by atoms with van der Waals surface area (Å²) in [6.07, 6.45) is -1.71. The van der Waals surface area contributed by atoms with Crippen molar-refractivity contribution in [1.29, 1.82) is 0 Å². The Morgan fingerprint density at radius 2 is 1.85 bits per heavy atom. The van der Waals surface area contributed by atoms with E-state index in [0.29, 0.717) is 17.0 Å². The molecule has 2 aliphatic rings. The average molecular weight is 485 g/mol. The second kappa shape index (κ2) is 7.92. The second-order valence-corrected chi connectivity index (χ2v) is 9.78. The van der Waals surface area contributed by atoms with Crippen molar-refractivity contribution >= 4 is 32.4 Å². The first-order valence-corrected chi connectivity index (χ1v) is 11.7. The summed E-state index contributed by atoms with van der Waals surface area (Å²) < 4.78 is 87.3. The van der Waals surface area contributed by atoms with Gasteiger partial charge in [0.1, 0.15) is 5.82 Å². The minimum atomic E-state index is -4.86. The van der Waals surface area contributed by atoms with Crippen LogP contribution in [-0.4, -0.2) is 53.8 Å². The second-order valence-electron chi connectivity index (χ2n) is 7.90. The number of aromatic nitrogens is 3. The average Bonchev–Trinajstić information content (AvgIpc) is 3.57. The third-order valence-electron chi connectivity index (χ3n) is 5.57. The summed E-state index contributed by atoms with van der Waals surface area (Å²) in [5, 5.41) is 7.45. The van der Waals surface area contributed by atoms with E-state index in [2.05, 4.69) is 15.4 Å². The van der Waals surface area contributed by atoms with Crippen LogP contribution in [0.1, 0.15) is 24.4 Å². The van der Waals surface area contributed by atoms with Gasteiger partial charge in [0.2, 0.25) is 0 Å². The minimum absolute atomic E-state index is 0.0273. The molecule has 3 aromatic rings. The molecule has 0 bridgehead atoms. The Balaban J connectivity index is 1.57. The Hall–Kier alpha value is -2.77. The van der Waals surface area contributed by atoms with Gasteiger partial charge in [-0.2, -0.15) is 22.6 Å². The Labute approximate surface area is 186 Å². The van der Waals surface area contributed by atoms with Crippen molar-refractivity contribution in [3.8, 4) is 0 Å². The predicted octanol–water partition coefficient (Wildman–Crippen LogP) is 3.69. The largest absolute Gasteiger partial charge is 0.419 e. The molecule has 5 rings (SSSR count). The third-order valence-corrected chi connectivity index (χ3v) is 7.37. The number of halogens is 4. The number of benzene rings is 1. The van der Waals surface area contributed by atoms with Crippen LogP contribution in [-0.2, 0) is 20.9 Å². The number of fused-ring (bicyclic) bond motifs is 1. The Morgan fingerprint density at radius 3 is 2.52 bits per heavy atom. The van der Waals surface area contributed by atoms with Gasteiger partial charge in [-0.3, -0.25) is 4.68 Å². The summed E-state index contributed by atoms with van der Waals surface area (Å²) in [5.41, 5.74) is -0.879. The zero-order valence-corrected chi connectivity index (χ0v) is 18.0. The van der Waals surface area contributed by atoms with E-state index in [9.17, 15) is 26.0 Å². The highest BCUT2D eigenvalue weighted by Crippen LogP contribution is 2.40. The maximum absolute atomic E-state index is 13.7. The Kier molecular flexibility index (Phi) is 5.29. The fourth-order valence-corrected chi connectivity index (χ4v) is 5.07. The molecule has 1 aliphatic heterocycles. The molecular formula is C20H19F4N5O3S. The van der Waals surface area contributed by atoms with Gasteiger partial charge < -0.3 is 10.1 Å². The van der Waals surface area contributed by atoms with Gasteiger partial charge in [0, 0.05) is 24.2 Å². The molecule has 3 heterocycles. The smallest absolute Gasteiger partial charge is 0.379 e. The summed E-state index contributed by atoms with van der Waals surface area (Å²) >= 11 is 0. The molecule has 13 heteroatoms. The van der Waals surface area contributed by atoms with Crippen molar-refractivity contribution in [1.82, 2.24) is 19.1 Å². The van der Waals surface area contributed by atoms with Crippen LogP contribution in [0.15, 0.2) is 35.5 Å². The van der Waals surface area contributed by atoms with Crippen LogP contribution < -0.4 is 5.32 Å². The van der Waals surface area contributed by atoms with Gasteiger partial charge in [0.25, 0.3) is 10.0 Å². The molecule has 0 unspecified atom stereocenters. The van der Waals surface area contributed by atoms with Crippen molar-refractivity contribution in [3.05, 3.63) is 41.8 Å². The SMILES string of the molecule is O=S(=O)(c1cc2c(Nc3ccc(F)c(C(F)(F)F)c3)nn(C3CC3)c2cn1)N1CCOCC1. The Morgan fingerprint density at radius 1 is 1.12 bits per heavy atom. The number of rotatable bonds is 5. The van der Waals surface area contributed by atoms with Crippen molar-refractivity contribution in [3.63, 3.8) is 0 Å². The van der Waals surface area contributed by atoms with E-state index in [1.165, 1.54) is 22.6 Å². The zero-order valence-electron chi connectivity index (χ0n) is 17.1. The lowest BCUT2D eigenvalue weighted by molar-refractivity contribution is -0.139. The van der Waals surface area contributed by atoms with Crippen molar-refractivity contribution in [2.24, 2.45) is 0 Å². The first-order chi connectivity index (χ1) is 15.6. The van der Waals surface area contributed by atoms with E-state index in [0.717, 1.165) is 18.9 Å². The maximum atomic E-state index is 13.7. The van der Waals surface area contributed by atoms with Crippen LogP contribution in [0.5, 0.6) is 0 Å². The molecule has 176 valence electrons. The molecule has 1 saturated heterocycles. The van der Waals surface area contributed by atoms with Crippen molar-refractivity contribution in [2.75, 3.05) is 31.6 Å². The molecule has 1 aliphatic carbocycles. The number of morpholine rings is 1. The van der Waals surface area contributed by atoms with Crippen LogP contribution in [0.2, 0.25) is 0 Å². The van der Waals surface area contributed by atoms with E-state index in [1.807, 2.05) is 0 Å². The number of nitrogens with zero attached hydrogens (tertiary/aromatic N) is 4. The molecular weight excluding hydrogens is 466 g/mol. The highest BCUT2D eigenvalue weighted by molar-refractivity contribution is 7.89. The maximum Gasteiger partial charge on any atom is 0.419 e. The van der Waals surface area contributed by atoms with Crippen molar-refractivity contribution in [2.45, 2.75) is 30.1 Å². The highest BCUT2D eigenvalue weighted by Gasteiger charge is 2.35. The molecule has 8 nitrogen and oxygen atoms in total. The first-order valence-electron chi connectivity index (χ1n) is 10.2. The molecule has 2 aromatic heterocycles. The van der Waals surface area contributed by atoms with Gasteiger partial charge in [-0.15, -0.1) is 0 Å². The highest BCUT2D eigenvalue weighted by atomic mass is 32.2. The molecule has 1 aromatic carbocycles. The number of nitrogens with one attached hydrogen (secondary N) is 1. The standard InChI is InChI=1S/C20H19F4N5O3S/c21-16-4-1-12(9-15(16)20(22,23)24)26-19-14-10-18(33(30,31)28-5-7-32-8-6-28)25-11-17(14)29(27-19)13-2-3-13/h1,4,9-11,13H,2-3,5-8H2,(H,26,27). The molecule has 0 atom stereocenters. The molecule has 0 radical (unpaired) electrons. The molecule has 2 fully saturated rings. The normalized spacial score (nSPS) is 18.1. The monoisotopic (exact) mass is 485 g/mol. The molecule has 33 heavy (non-hydrogen) atoms. The van der Waals surface area contributed by atoms with Crippen LogP contribution in [0.25, 0.3) is 10.9 Å². The van der Waals surface area contributed by atoms with Gasteiger partial charge in [-0.05, 0) is 37.1 Å². The Bertz CT molecular complexity index is 1320. The first kappa shape index (κ1) is 22.0. The lowest BCUT2D eigenvalue weighted by Gasteiger charge is -2.25. The van der Waals surface area contributed by atoms with Gasteiger partial charge in [-0.1, -0.05) is 0 Å². The predicted molar refractivity (Wildman–Crippen MR) is 110 cm³/mol. The van der Waals surface area contributed by atoms with Crippen molar-refractivity contribution < 1.29 is 30.7 Å². The molecule has 1 N–H and O–H groups in total. The zero-order chi connectivity index (χ0) is 23.4. The fourth-order valence-electron chi connectivity index (χ4n) is 3.72. The molecule has 0 spiro atoms. The van der Waals surface area contributed by atoms with Gasteiger partial charge in [0.15, 0.2) is 10.8 Å². The number of pyridine rings is 1. The van der Waals surface area contributed by atoms with Crippen LogP contribution in [0.3, 0.4) is 0 Å². The molecule has 1 saturated carbocycles. The van der Waals surface area contributed by atoms with E-state index in [4.69, 9.17) is 4.74 Å². The van der Waals surface area contributed by atoms with Gasteiger partial charge in [-0.25, -0.2) is 17.8 Å². The summed E-state index contributed by atoms with van der Waals surface area (Å²) in [5.74, 6) is -1.22. The summed E-state index contributed by atoms with van der Waals surface area (Å²) in [4.78, 5) is 4.15. The fraction of sp³-hybridized carbons (Fsp3) is 0.400. The summed E-state index contributed by atoms with van der Waals surface area (Å²) in [6.45, 7) is 0.953. The quantitative estimate of drug-likeness (QED) is 0.555. The topological polar surface area (TPSA) is 89.3 Å². The van der Waals surface area contributed by atoms with Gasteiger partial charge >= 0.3 is 6.18 Å². The third kappa shape index (κ3) is 4.15. The lowest BCUT2D eigenvalue weighted by atomic mass is 10.1. The number of anilines is 2. The van der Waals surface area contributed by atoms with E-state index >= 15 is 0 Å².